The summed E-state index contributed by atoms with van der Waals surface area (Å²) >= 11 is 0. The van der Waals surface area contributed by atoms with Crippen LogP contribution in [-0.4, -0.2) is 127 Å². The average Bonchev–Trinajstić information content (AvgIpc) is 3.88. The van der Waals surface area contributed by atoms with E-state index in [0.29, 0.717) is 52.0 Å². The van der Waals surface area contributed by atoms with Gasteiger partial charge in [0.15, 0.2) is 5.78 Å². The monoisotopic (exact) mass is 1040 g/mol. The molecule has 0 bridgehead atoms. The number of nitrogens with two attached hydrogens (primary N) is 2. The summed E-state index contributed by atoms with van der Waals surface area (Å²) in [4.78, 5) is 42.4. The summed E-state index contributed by atoms with van der Waals surface area (Å²) in [6, 6.07) is 12.8. The standard InChI is InChI=1S/C15H23N3O4.2C9H12.C8H18N2O.C6H12FNO.C6H12.2C4H10/c1-10(20)7-17-13-4-2-3-12(13)14(16)15(21)18-5-6-22-11(8-18)9-19;2*1-7-5-4-6-8(2)9(7)3;1-3-5-10(6-4-2)8(11)7-9;7-6(5-9)1-3-8-4-2-6;1-6(2)4-3-5-6;2*1-3-4-2/h11,19H,2-9,16H2,1H3;2*4-6H,1-3H3;3-7,9H2,1-2H3;8-9H,1-5H2;3-5H2,1-2H3;2*3-4H2,1-2H3/b14-12-,17-13?;;;;;;;. The van der Waals surface area contributed by atoms with Crippen molar-refractivity contribution in [3.05, 3.63) is 81.0 Å². The van der Waals surface area contributed by atoms with Crippen LogP contribution in [0.1, 0.15) is 186 Å². The number of ether oxygens (including phenoxy) is 1. The first kappa shape index (κ1) is 72.1. The first-order valence-corrected chi connectivity index (χ1v) is 28.1. The third kappa shape index (κ3) is 31.8. The number of aliphatic hydroxyl groups excluding tert-OH is 2. The lowest BCUT2D eigenvalue weighted by Gasteiger charge is -2.33. The molecule has 74 heavy (non-hydrogen) atoms. The highest BCUT2D eigenvalue weighted by Crippen LogP contribution is 2.39. The Labute approximate surface area is 451 Å². The van der Waals surface area contributed by atoms with Crippen LogP contribution in [-0.2, 0) is 19.1 Å². The quantitative estimate of drug-likeness (QED) is 0.129. The normalized spacial score (nSPS) is 18.0. The van der Waals surface area contributed by atoms with Gasteiger partial charge in [-0.1, -0.05) is 124 Å². The second-order valence-electron chi connectivity index (χ2n) is 20.8. The number of hydrogen-bond donors (Lipinski definition) is 5. The summed E-state index contributed by atoms with van der Waals surface area (Å²) in [6.07, 6.45) is 14.5. The minimum Gasteiger partial charge on any atom is -0.394 e. The van der Waals surface area contributed by atoms with Crippen molar-refractivity contribution in [2.45, 2.75) is 206 Å². The number of benzene rings is 2. The second kappa shape index (κ2) is 42.1. The number of aliphatic hydroxyl groups is 2. The number of piperidine rings is 1. The van der Waals surface area contributed by atoms with E-state index in [1.54, 1.807) is 4.90 Å². The molecule has 1 atom stereocenters. The largest absolute Gasteiger partial charge is 0.394 e. The molecule has 2 aromatic rings. The number of rotatable bonds is 12. The molecule has 2 aliphatic carbocycles. The number of aryl methyl sites for hydroxylation is 4. The summed E-state index contributed by atoms with van der Waals surface area (Å²) in [5.74, 6) is -0.189. The molecule has 12 nitrogen and oxygen atoms in total. The van der Waals surface area contributed by atoms with Gasteiger partial charge in [-0.05, 0) is 158 Å². The summed E-state index contributed by atoms with van der Waals surface area (Å²) in [6.45, 7) is 35.9. The van der Waals surface area contributed by atoms with Crippen LogP contribution in [0.15, 0.2) is 52.7 Å². The maximum absolute atomic E-state index is 13.0. The van der Waals surface area contributed by atoms with Crippen LogP contribution in [0.2, 0.25) is 0 Å². The van der Waals surface area contributed by atoms with Crippen LogP contribution in [0.25, 0.3) is 0 Å². The Morgan fingerprint density at radius 3 is 1.55 bits per heavy atom. The zero-order chi connectivity index (χ0) is 56.7. The molecule has 1 unspecified atom stereocenters. The highest BCUT2D eigenvalue weighted by Gasteiger charge is 2.31. The van der Waals surface area contributed by atoms with Crippen LogP contribution in [0, 0.1) is 47.0 Å². The number of morpholine rings is 1. The van der Waals surface area contributed by atoms with Crippen molar-refractivity contribution >= 4 is 23.3 Å². The number of ketones is 1. The summed E-state index contributed by atoms with van der Waals surface area (Å²) < 4.78 is 18.3. The number of nitrogens with one attached hydrogen (secondary N) is 1. The number of allylic oxidation sites excluding steroid dienone is 1. The zero-order valence-electron chi connectivity index (χ0n) is 49.6. The third-order valence-electron chi connectivity index (χ3n) is 13.6. The molecule has 2 saturated heterocycles. The van der Waals surface area contributed by atoms with Gasteiger partial charge < -0.3 is 41.5 Å². The zero-order valence-corrected chi connectivity index (χ0v) is 49.6. The molecule has 6 rings (SSSR count). The molecule has 2 heterocycles. The average molecular weight is 1040 g/mol. The van der Waals surface area contributed by atoms with Crippen LogP contribution in [0.4, 0.5) is 4.39 Å². The highest BCUT2D eigenvalue weighted by molar-refractivity contribution is 6.09. The van der Waals surface area contributed by atoms with E-state index >= 15 is 0 Å². The number of Topliss-reactive ketones (excluding diaryl/α,β-unsaturated/α-hetero) is 1. The first-order chi connectivity index (χ1) is 35.0. The van der Waals surface area contributed by atoms with E-state index in [0.717, 1.165) is 55.5 Å². The fourth-order valence-corrected chi connectivity index (χ4v) is 7.46. The number of halogens is 1. The van der Waals surface area contributed by atoms with Crippen molar-refractivity contribution in [2.24, 2.45) is 21.9 Å². The molecular formula is C61H109FN6O6. The van der Waals surface area contributed by atoms with E-state index in [1.807, 2.05) is 4.90 Å². The molecule has 426 valence electrons. The lowest BCUT2D eigenvalue weighted by molar-refractivity contribution is -0.136. The number of aliphatic imine (C=N–C) groups is 1. The Kier molecular flexibility index (Phi) is 41.0. The van der Waals surface area contributed by atoms with E-state index in [9.17, 15) is 18.8 Å². The molecule has 4 fully saturated rings. The van der Waals surface area contributed by atoms with Crippen LogP contribution >= 0.6 is 0 Å². The topological polar surface area (TPSA) is 184 Å². The molecule has 7 N–H and O–H groups in total. The van der Waals surface area contributed by atoms with Crippen molar-refractivity contribution in [1.82, 2.24) is 15.1 Å². The van der Waals surface area contributed by atoms with Gasteiger partial charge in [0, 0.05) is 37.5 Å². The number of unbranched alkanes of at least 4 members (excludes halogenated alkanes) is 2. The minimum atomic E-state index is -1.29. The summed E-state index contributed by atoms with van der Waals surface area (Å²) in [5.41, 5.74) is 20.8. The van der Waals surface area contributed by atoms with Gasteiger partial charge in [0.2, 0.25) is 5.91 Å². The predicted octanol–water partition coefficient (Wildman–Crippen LogP) is 11.3. The lowest BCUT2D eigenvalue weighted by atomic mass is 9.72. The molecule has 0 spiro atoms. The van der Waals surface area contributed by atoms with Crippen molar-refractivity contribution in [2.75, 3.05) is 72.2 Å². The number of hydrogen-bond acceptors (Lipinski definition) is 10. The van der Waals surface area contributed by atoms with Gasteiger partial charge in [-0.15, -0.1) is 0 Å². The predicted molar refractivity (Wildman–Crippen MR) is 311 cm³/mol. The van der Waals surface area contributed by atoms with Crippen molar-refractivity contribution < 1.29 is 33.7 Å². The molecule has 2 amide bonds. The van der Waals surface area contributed by atoms with Crippen LogP contribution < -0.4 is 16.8 Å². The maximum atomic E-state index is 13.0. The van der Waals surface area contributed by atoms with E-state index in [2.05, 4.69) is 144 Å². The molecular weight excluding hydrogens is 932 g/mol. The van der Waals surface area contributed by atoms with Crippen molar-refractivity contribution in [3.8, 4) is 0 Å². The fourth-order valence-electron chi connectivity index (χ4n) is 7.46. The lowest BCUT2D eigenvalue weighted by Crippen LogP contribution is -2.48. The van der Waals surface area contributed by atoms with Gasteiger partial charge >= 0.3 is 0 Å². The van der Waals surface area contributed by atoms with Gasteiger partial charge in [0.05, 0.1) is 39.0 Å². The van der Waals surface area contributed by atoms with Gasteiger partial charge in [-0.3, -0.25) is 19.4 Å². The third-order valence-corrected chi connectivity index (χ3v) is 13.6. The second-order valence-corrected chi connectivity index (χ2v) is 20.8. The number of nitrogens with zero attached hydrogens (tertiary/aromatic N) is 3. The molecule has 0 aromatic heterocycles. The molecule has 13 heteroatoms. The van der Waals surface area contributed by atoms with Gasteiger partial charge in [-0.25, -0.2) is 4.39 Å². The van der Waals surface area contributed by atoms with Gasteiger partial charge in [-0.2, -0.15) is 0 Å². The number of carbonyl (C=O) groups is 3. The van der Waals surface area contributed by atoms with Gasteiger partial charge in [0.1, 0.15) is 11.4 Å². The Hall–Kier alpha value is -4.01. The van der Waals surface area contributed by atoms with Crippen LogP contribution in [0.3, 0.4) is 0 Å². The highest BCUT2D eigenvalue weighted by atomic mass is 19.1. The molecule has 4 aliphatic rings. The Morgan fingerprint density at radius 1 is 0.770 bits per heavy atom. The first-order valence-electron chi connectivity index (χ1n) is 28.1. The minimum absolute atomic E-state index is 0.0115. The Morgan fingerprint density at radius 2 is 1.23 bits per heavy atom. The van der Waals surface area contributed by atoms with E-state index in [1.165, 1.54) is 85.3 Å². The SMILES string of the molecule is CC(=O)CN=C1CCC/C1=C(/N)C(=O)N1CCOC(CO)C1.CC1(C)CCC1.CCCC.CCCC.CCCN(CCC)C(=O)CN.Cc1cccc(C)c1C.Cc1cccc(C)c1C.OCC1(F)CCNCC1. The smallest absolute Gasteiger partial charge is 0.270 e. The number of alkyl halides is 1. The van der Waals surface area contributed by atoms with Crippen molar-refractivity contribution in [1.29, 1.82) is 0 Å². The fraction of sp³-hybridized carbons (Fsp3) is 0.705. The van der Waals surface area contributed by atoms with E-state index < -0.39 is 5.67 Å². The van der Waals surface area contributed by atoms with E-state index in [4.69, 9.17) is 26.4 Å². The number of carbonyl (C=O) groups excluding carboxylic acids is 3. The van der Waals surface area contributed by atoms with Crippen molar-refractivity contribution in [3.63, 3.8) is 0 Å². The Balaban J connectivity index is 0. The summed E-state index contributed by atoms with van der Waals surface area (Å²) in [5, 5.41) is 20.7. The molecule has 2 saturated carbocycles. The molecule has 2 aromatic carbocycles. The van der Waals surface area contributed by atoms with E-state index in [-0.39, 0.29) is 55.7 Å². The molecule has 2 aliphatic heterocycles. The number of amides is 2. The van der Waals surface area contributed by atoms with Crippen LogP contribution in [0.5, 0.6) is 0 Å². The van der Waals surface area contributed by atoms with Gasteiger partial charge in [0.25, 0.3) is 5.91 Å². The Bertz CT molecular complexity index is 1790. The molecule has 0 radical (unpaired) electrons. The maximum Gasteiger partial charge on any atom is 0.270 e. The summed E-state index contributed by atoms with van der Waals surface area (Å²) in [7, 11) is 0.